The summed E-state index contributed by atoms with van der Waals surface area (Å²) < 4.78 is 0. The van der Waals surface area contributed by atoms with Crippen molar-refractivity contribution in [1.82, 2.24) is 15.6 Å². The van der Waals surface area contributed by atoms with Crippen molar-refractivity contribution < 1.29 is 19.5 Å². The van der Waals surface area contributed by atoms with Crippen LogP contribution in [0.2, 0.25) is 0 Å². The molecule has 0 bridgehead atoms. The van der Waals surface area contributed by atoms with E-state index in [4.69, 9.17) is 0 Å². The van der Waals surface area contributed by atoms with Gasteiger partial charge < -0.3 is 20.7 Å². The number of carboxylic acids is 1. The van der Waals surface area contributed by atoms with Gasteiger partial charge in [0.05, 0.1) is 6.54 Å². The van der Waals surface area contributed by atoms with E-state index in [1.54, 1.807) is 6.07 Å². The molecule has 0 aliphatic carbocycles. The Kier molecular flexibility index (Phi) is 6.02. The lowest BCUT2D eigenvalue weighted by atomic mass is 9.88. The van der Waals surface area contributed by atoms with Crippen molar-refractivity contribution in [3.8, 4) is 0 Å². The molecule has 1 atom stereocenters. The van der Waals surface area contributed by atoms with Gasteiger partial charge in [0, 0.05) is 10.9 Å². The van der Waals surface area contributed by atoms with Crippen molar-refractivity contribution in [2.75, 3.05) is 6.54 Å². The van der Waals surface area contributed by atoms with Crippen LogP contribution in [0, 0.1) is 5.41 Å². The zero-order chi connectivity index (χ0) is 19.3. The quantitative estimate of drug-likeness (QED) is 0.608. The Bertz CT molecular complexity index is 771. The molecule has 4 N–H and O–H groups in total. The number of carbonyl (C=O) groups excluding carboxylic acids is 2. The van der Waals surface area contributed by atoms with Crippen LogP contribution in [-0.4, -0.2) is 40.5 Å². The first-order chi connectivity index (χ1) is 12.2. The maximum absolute atomic E-state index is 12.2. The van der Waals surface area contributed by atoms with Crippen molar-refractivity contribution in [2.24, 2.45) is 5.41 Å². The van der Waals surface area contributed by atoms with E-state index < -0.39 is 23.8 Å². The third-order valence-electron chi connectivity index (χ3n) is 4.00. The lowest BCUT2D eigenvalue weighted by Gasteiger charge is -2.21. The number of benzene rings is 1. The van der Waals surface area contributed by atoms with E-state index in [2.05, 4.69) is 15.6 Å². The molecule has 0 aliphatic heterocycles. The lowest BCUT2D eigenvalue weighted by molar-refractivity contribution is -0.142. The van der Waals surface area contributed by atoms with Gasteiger partial charge in [0.1, 0.15) is 11.7 Å². The summed E-state index contributed by atoms with van der Waals surface area (Å²) in [5, 5.41) is 15.1. The van der Waals surface area contributed by atoms with E-state index >= 15 is 0 Å². The Morgan fingerprint density at radius 1 is 1.19 bits per heavy atom. The summed E-state index contributed by atoms with van der Waals surface area (Å²) in [7, 11) is 0. The first-order valence-electron chi connectivity index (χ1n) is 8.54. The van der Waals surface area contributed by atoms with Gasteiger partial charge in [0.2, 0.25) is 5.91 Å². The van der Waals surface area contributed by atoms with E-state index in [0.29, 0.717) is 18.5 Å². The van der Waals surface area contributed by atoms with Gasteiger partial charge in [-0.25, -0.2) is 4.79 Å². The smallest absolute Gasteiger partial charge is 0.326 e. The van der Waals surface area contributed by atoms with Crippen LogP contribution in [0.1, 0.15) is 44.1 Å². The summed E-state index contributed by atoms with van der Waals surface area (Å²) in [6.07, 6.45) is 0.992. The summed E-state index contributed by atoms with van der Waals surface area (Å²) >= 11 is 0. The van der Waals surface area contributed by atoms with Gasteiger partial charge in [-0.1, -0.05) is 39.0 Å². The monoisotopic (exact) mass is 359 g/mol. The summed E-state index contributed by atoms with van der Waals surface area (Å²) in [6, 6.07) is 8.19. The topological polar surface area (TPSA) is 111 Å². The number of nitrogens with one attached hydrogen (secondary N) is 3. The molecule has 26 heavy (non-hydrogen) atoms. The Balaban J connectivity index is 1.88. The molecule has 0 saturated heterocycles. The van der Waals surface area contributed by atoms with Crippen LogP contribution >= 0.6 is 0 Å². The van der Waals surface area contributed by atoms with Gasteiger partial charge in [0.15, 0.2) is 0 Å². The number of H-pyrrole nitrogens is 1. The van der Waals surface area contributed by atoms with Crippen LogP contribution in [0.25, 0.3) is 10.9 Å². The fourth-order valence-electron chi connectivity index (χ4n) is 2.53. The molecule has 0 radical (unpaired) electrons. The second-order valence-corrected chi connectivity index (χ2v) is 7.51. The van der Waals surface area contributed by atoms with Crippen molar-refractivity contribution in [2.45, 2.75) is 39.7 Å². The molecule has 0 saturated carbocycles. The Labute approximate surface area is 152 Å². The summed E-state index contributed by atoms with van der Waals surface area (Å²) in [6.45, 7) is 5.74. The fraction of sp³-hybridized carbons (Fsp3) is 0.421. The molecule has 1 aromatic heterocycles. The molecule has 2 aromatic rings. The number of aromatic nitrogens is 1. The normalized spacial score (nSPS) is 12.6. The number of aliphatic carboxylic acids is 1. The largest absolute Gasteiger partial charge is 0.480 e. The highest BCUT2D eigenvalue weighted by Crippen LogP contribution is 2.21. The lowest BCUT2D eigenvalue weighted by Crippen LogP contribution is -2.45. The number of amides is 2. The van der Waals surface area contributed by atoms with E-state index in [1.807, 2.05) is 45.0 Å². The van der Waals surface area contributed by atoms with Crippen LogP contribution in [0.15, 0.2) is 30.3 Å². The van der Waals surface area contributed by atoms with E-state index in [9.17, 15) is 19.5 Å². The van der Waals surface area contributed by atoms with Crippen LogP contribution in [0.3, 0.4) is 0 Å². The minimum absolute atomic E-state index is 0.0255. The molecule has 1 aromatic carbocycles. The second kappa shape index (κ2) is 8.03. The van der Waals surface area contributed by atoms with Crippen molar-refractivity contribution in [3.05, 3.63) is 36.0 Å². The first-order valence-corrected chi connectivity index (χ1v) is 8.54. The molecular weight excluding hydrogens is 334 g/mol. The van der Waals surface area contributed by atoms with E-state index in [-0.39, 0.29) is 12.0 Å². The van der Waals surface area contributed by atoms with Crippen molar-refractivity contribution in [1.29, 1.82) is 0 Å². The maximum atomic E-state index is 12.2. The predicted molar refractivity (Wildman–Crippen MR) is 98.9 cm³/mol. The number of aromatic amines is 1. The molecule has 0 aliphatic rings. The minimum atomic E-state index is -1.08. The van der Waals surface area contributed by atoms with Crippen LogP contribution < -0.4 is 10.6 Å². The molecule has 0 spiro atoms. The number of fused-ring (bicyclic) bond motifs is 1. The Hall–Kier alpha value is -2.83. The molecule has 2 rings (SSSR count). The fourth-order valence-corrected chi connectivity index (χ4v) is 2.53. The Morgan fingerprint density at radius 3 is 2.50 bits per heavy atom. The Morgan fingerprint density at radius 2 is 1.88 bits per heavy atom. The van der Waals surface area contributed by atoms with E-state index in [0.717, 1.165) is 10.9 Å². The van der Waals surface area contributed by atoms with Crippen LogP contribution in [0.5, 0.6) is 0 Å². The number of rotatable bonds is 7. The van der Waals surface area contributed by atoms with Crippen LogP contribution in [-0.2, 0) is 9.59 Å². The molecule has 7 heteroatoms. The third kappa shape index (κ3) is 5.61. The second-order valence-electron chi connectivity index (χ2n) is 7.51. The third-order valence-corrected chi connectivity index (χ3v) is 4.00. The molecule has 1 unspecified atom stereocenters. The van der Waals surface area contributed by atoms with Crippen molar-refractivity contribution in [3.63, 3.8) is 0 Å². The number of carbonyl (C=O) groups is 3. The van der Waals surface area contributed by atoms with E-state index in [1.165, 1.54) is 0 Å². The average molecular weight is 359 g/mol. The molecule has 1 heterocycles. The van der Waals surface area contributed by atoms with Gasteiger partial charge in [-0.15, -0.1) is 0 Å². The number of hydrogen-bond acceptors (Lipinski definition) is 3. The van der Waals surface area contributed by atoms with Gasteiger partial charge in [0.25, 0.3) is 5.91 Å². The van der Waals surface area contributed by atoms with Gasteiger partial charge in [-0.3, -0.25) is 9.59 Å². The summed E-state index contributed by atoms with van der Waals surface area (Å²) in [4.78, 5) is 38.4. The average Bonchev–Trinajstić information content (AvgIpc) is 2.99. The molecule has 2 amide bonds. The first kappa shape index (κ1) is 19.5. The number of carboxylic acid groups (broad SMARTS) is 1. The highest BCUT2D eigenvalue weighted by molar-refractivity contribution is 5.99. The van der Waals surface area contributed by atoms with Gasteiger partial charge in [-0.05, 0) is 30.4 Å². The van der Waals surface area contributed by atoms with Crippen LogP contribution in [0.4, 0.5) is 0 Å². The minimum Gasteiger partial charge on any atom is -0.480 e. The molecule has 7 nitrogen and oxygen atoms in total. The zero-order valence-corrected chi connectivity index (χ0v) is 15.3. The van der Waals surface area contributed by atoms with Gasteiger partial charge in [-0.2, -0.15) is 0 Å². The molecule has 140 valence electrons. The summed E-state index contributed by atoms with van der Waals surface area (Å²) in [5.41, 5.74) is 1.15. The standard InChI is InChI=1S/C19H25N3O4/c1-19(2,3)9-8-14(18(25)26)22-16(23)11-20-17(24)15-10-12-6-4-5-7-13(12)21-15/h4-7,10,14,21H,8-9,11H2,1-3H3,(H,20,24)(H,22,23)(H,25,26). The SMILES string of the molecule is CC(C)(C)CCC(NC(=O)CNC(=O)c1cc2ccccc2[nH]1)C(=O)O. The summed E-state index contributed by atoms with van der Waals surface area (Å²) in [5.74, 6) is -2.03. The zero-order valence-electron chi connectivity index (χ0n) is 15.3. The highest BCUT2D eigenvalue weighted by Gasteiger charge is 2.23. The molecular formula is C19H25N3O4. The maximum Gasteiger partial charge on any atom is 0.326 e. The van der Waals surface area contributed by atoms with Crippen molar-refractivity contribution >= 4 is 28.7 Å². The number of hydrogen-bond donors (Lipinski definition) is 4. The predicted octanol–water partition coefficient (Wildman–Crippen LogP) is 2.29. The molecule has 0 fully saturated rings. The highest BCUT2D eigenvalue weighted by atomic mass is 16.4. The number of para-hydroxylation sites is 1. The van der Waals surface area contributed by atoms with Gasteiger partial charge >= 0.3 is 5.97 Å².